The Morgan fingerprint density at radius 2 is 1.54 bits per heavy atom. The number of carbonyl (C=O) groups is 1. The molecule has 3 rings (SSSR count). The van der Waals surface area contributed by atoms with Gasteiger partial charge in [0.25, 0.3) is 0 Å². The molecule has 0 aromatic heterocycles. The minimum Gasteiger partial charge on any atom is -0.326 e. The van der Waals surface area contributed by atoms with Gasteiger partial charge in [-0.3, -0.25) is 4.79 Å². The zero-order valence-electron chi connectivity index (χ0n) is 14.5. The van der Waals surface area contributed by atoms with Gasteiger partial charge in [-0.25, -0.2) is 8.42 Å². The number of anilines is 1. The molecule has 1 aliphatic rings. The van der Waals surface area contributed by atoms with Gasteiger partial charge < -0.3 is 5.32 Å². The van der Waals surface area contributed by atoms with Crippen LogP contribution >= 0.6 is 46.4 Å². The summed E-state index contributed by atoms with van der Waals surface area (Å²) in [6.45, 7) is 0.416. The largest absolute Gasteiger partial charge is 0.326 e. The Hall–Kier alpha value is -1.02. The number of amides is 1. The molecule has 0 bridgehead atoms. The van der Waals surface area contributed by atoms with Crippen LogP contribution in [0.3, 0.4) is 0 Å². The Kier molecular flexibility index (Phi) is 6.80. The van der Waals surface area contributed by atoms with Crippen LogP contribution in [-0.4, -0.2) is 31.7 Å². The van der Waals surface area contributed by atoms with Crippen molar-refractivity contribution in [3.63, 3.8) is 0 Å². The molecule has 0 saturated carbocycles. The molecule has 0 unspecified atom stereocenters. The first-order chi connectivity index (χ1) is 13.2. The molecule has 1 heterocycles. The molecule has 5 nitrogen and oxygen atoms in total. The number of nitrogens with zero attached hydrogens (tertiary/aromatic N) is 1. The zero-order chi connectivity index (χ0) is 20.5. The molecule has 10 heteroatoms. The van der Waals surface area contributed by atoms with Crippen LogP contribution in [0.4, 0.5) is 5.69 Å². The lowest BCUT2D eigenvalue weighted by Crippen LogP contribution is -2.41. The topological polar surface area (TPSA) is 66.5 Å². The Bertz CT molecular complexity index is 986. The van der Waals surface area contributed by atoms with Crippen LogP contribution in [0.25, 0.3) is 0 Å². The fraction of sp³-hybridized carbons (Fsp3) is 0.278. The lowest BCUT2D eigenvalue weighted by molar-refractivity contribution is -0.120. The smallest absolute Gasteiger partial charge is 0.244 e. The Morgan fingerprint density at radius 1 is 0.929 bits per heavy atom. The van der Waals surface area contributed by atoms with E-state index in [0.29, 0.717) is 28.6 Å². The van der Waals surface area contributed by atoms with Crippen molar-refractivity contribution in [2.45, 2.75) is 17.7 Å². The third kappa shape index (κ3) is 4.93. The van der Waals surface area contributed by atoms with E-state index in [2.05, 4.69) is 5.32 Å². The molecule has 1 saturated heterocycles. The molecule has 0 aliphatic carbocycles. The predicted octanol–water partition coefficient (Wildman–Crippen LogP) is 5.34. The summed E-state index contributed by atoms with van der Waals surface area (Å²) in [4.78, 5) is 12.5. The zero-order valence-corrected chi connectivity index (χ0v) is 18.3. The number of sulfonamides is 1. The van der Waals surface area contributed by atoms with Gasteiger partial charge in [0.15, 0.2) is 0 Å². The van der Waals surface area contributed by atoms with E-state index >= 15 is 0 Å². The van der Waals surface area contributed by atoms with Crippen LogP contribution in [0.1, 0.15) is 12.8 Å². The molecule has 2 aromatic carbocycles. The molecule has 0 radical (unpaired) electrons. The fourth-order valence-electron chi connectivity index (χ4n) is 3.04. The van der Waals surface area contributed by atoms with E-state index in [1.807, 2.05) is 0 Å². The first kappa shape index (κ1) is 21.7. The minimum atomic E-state index is -3.78. The minimum absolute atomic E-state index is 0.0295. The van der Waals surface area contributed by atoms with Crippen LogP contribution < -0.4 is 5.32 Å². The maximum absolute atomic E-state index is 12.9. The maximum atomic E-state index is 12.9. The molecule has 2 aromatic rings. The number of hydrogen-bond donors (Lipinski definition) is 1. The second-order valence-electron chi connectivity index (χ2n) is 6.40. The summed E-state index contributed by atoms with van der Waals surface area (Å²) in [6.07, 6.45) is 0.773. The number of nitrogens with one attached hydrogen (secondary N) is 1. The van der Waals surface area contributed by atoms with Gasteiger partial charge in [-0.05, 0) is 49.2 Å². The van der Waals surface area contributed by atoms with E-state index < -0.39 is 10.0 Å². The summed E-state index contributed by atoms with van der Waals surface area (Å²) in [7, 11) is -3.78. The quantitative estimate of drug-likeness (QED) is 0.640. The van der Waals surface area contributed by atoms with Crippen molar-refractivity contribution in [1.29, 1.82) is 0 Å². The molecule has 1 N–H and O–H groups in total. The summed E-state index contributed by atoms with van der Waals surface area (Å²) in [5.74, 6) is -0.518. The van der Waals surface area contributed by atoms with Gasteiger partial charge in [0.1, 0.15) is 4.90 Å². The SMILES string of the molecule is O=C(Nc1cc(Cl)cc(Cl)c1)C1CCN(S(=O)(=O)c2cc(Cl)ccc2Cl)CC1. The van der Waals surface area contributed by atoms with Gasteiger partial charge in [-0.2, -0.15) is 4.31 Å². The van der Waals surface area contributed by atoms with Gasteiger partial charge in [0, 0.05) is 39.8 Å². The summed E-state index contributed by atoms with van der Waals surface area (Å²) in [5, 5.41) is 4.02. The Morgan fingerprint density at radius 3 is 2.14 bits per heavy atom. The van der Waals surface area contributed by atoms with Crippen molar-refractivity contribution in [2.75, 3.05) is 18.4 Å². The van der Waals surface area contributed by atoms with Gasteiger partial charge in [0.05, 0.1) is 5.02 Å². The Balaban J connectivity index is 1.66. The molecule has 1 aliphatic heterocycles. The highest BCUT2D eigenvalue weighted by Gasteiger charge is 2.33. The van der Waals surface area contributed by atoms with Crippen molar-refractivity contribution in [3.05, 3.63) is 56.5 Å². The van der Waals surface area contributed by atoms with Gasteiger partial charge >= 0.3 is 0 Å². The van der Waals surface area contributed by atoms with Crippen LogP contribution in [0.15, 0.2) is 41.3 Å². The highest BCUT2D eigenvalue weighted by molar-refractivity contribution is 7.89. The normalized spacial score (nSPS) is 16.1. The molecule has 0 atom stereocenters. The third-order valence-electron chi connectivity index (χ3n) is 4.47. The van der Waals surface area contributed by atoms with Crippen LogP contribution in [-0.2, 0) is 14.8 Å². The van der Waals surface area contributed by atoms with Crippen molar-refractivity contribution in [3.8, 4) is 0 Å². The standard InChI is InChI=1S/C18H16Cl4N2O3S/c19-12-1-2-16(22)17(10-12)28(26,27)24-5-3-11(4-6-24)18(25)23-15-8-13(20)7-14(21)9-15/h1-2,7-11H,3-6H2,(H,23,25). The average Bonchev–Trinajstić information content (AvgIpc) is 2.63. The number of halogens is 4. The van der Waals surface area contributed by atoms with E-state index in [9.17, 15) is 13.2 Å². The van der Waals surface area contributed by atoms with E-state index in [1.54, 1.807) is 18.2 Å². The molecular weight excluding hydrogens is 466 g/mol. The van der Waals surface area contributed by atoms with E-state index in [0.717, 1.165) is 0 Å². The number of hydrogen-bond acceptors (Lipinski definition) is 3. The number of piperidine rings is 1. The van der Waals surface area contributed by atoms with Crippen LogP contribution in [0.5, 0.6) is 0 Å². The lowest BCUT2D eigenvalue weighted by atomic mass is 9.97. The second kappa shape index (κ2) is 8.78. The maximum Gasteiger partial charge on any atom is 0.244 e. The molecule has 0 spiro atoms. The second-order valence-corrected chi connectivity index (χ2v) is 10.0. The van der Waals surface area contributed by atoms with Crippen molar-refractivity contribution in [2.24, 2.45) is 5.92 Å². The first-order valence-corrected chi connectivity index (χ1v) is 11.3. The molecular formula is C18H16Cl4N2O3S. The first-order valence-electron chi connectivity index (χ1n) is 8.39. The van der Waals surface area contributed by atoms with Crippen molar-refractivity contribution < 1.29 is 13.2 Å². The summed E-state index contributed by atoms with van der Waals surface area (Å²) in [6, 6.07) is 9.09. The molecule has 150 valence electrons. The average molecular weight is 482 g/mol. The lowest BCUT2D eigenvalue weighted by Gasteiger charge is -2.30. The van der Waals surface area contributed by atoms with E-state index in [4.69, 9.17) is 46.4 Å². The molecule has 1 amide bonds. The third-order valence-corrected chi connectivity index (χ3v) is 7.52. The van der Waals surface area contributed by atoms with Gasteiger partial charge in [0.2, 0.25) is 15.9 Å². The number of carbonyl (C=O) groups excluding carboxylic acids is 1. The molecule has 28 heavy (non-hydrogen) atoms. The van der Waals surface area contributed by atoms with Gasteiger partial charge in [-0.15, -0.1) is 0 Å². The van der Waals surface area contributed by atoms with Crippen molar-refractivity contribution >= 4 is 68.0 Å². The number of benzene rings is 2. The summed E-state index contributed by atoms with van der Waals surface area (Å²) in [5.41, 5.74) is 0.503. The van der Waals surface area contributed by atoms with Crippen LogP contribution in [0, 0.1) is 5.92 Å². The van der Waals surface area contributed by atoms with E-state index in [-0.39, 0.29) is 39.9 Å². The highest BCUT2D eigenvalue weighted by Crippen LogP contribution is 2.31. The summed E-state index contributed by atoms with van der Waals surface area (Å²) >= 11 is 23.8. The predicted molar refractivity (Wildman–Crippen MR) is 113 cm³/mol. The highest BCUT2D eigenvalue weighted by atomic mass is 35.5. The van der Waals surface area contributed by atoms with Crippen LogP contribution in [0.2, 0.25) is 20.1 Å². The monoisotopic (exact) mass is 480 g/mol. The summed E-state index contributed by atoms with van der Waals surface area (Å²) < 4.78 is 27.0. The Labute approximate surface area is 183 Å². The molecule has 1 fully saturated rings. The van der Waals surface area contributed by atoms with Gasteiger partial charge in [-0.1, -0.05) is 46.4 Å². The van der Waals surface area contributed by atoms with E-state index in [1.165, 1.54) is 22.5 Å². The fourth-order valence-corrected chi connectivity index (χ4v) is 5.78. The number of rotatable bonds is 4. The van der Waals surface area contributed by atoms with Crippen molar-refractivity contribution in [1.82, 2.24) is 4.31 Å².